The van der Waals surface area contributed by atoms with Gasteiger partial charge in [0.25, 0.3) is 0 Å². The summed E-state index contributed by atoms with van der Waals surface area (Å²) in [4.78, 5) is 18.4. The molecule has 0 bridgehead atoms. The molecular formula is C31H36FN5O. The Morgan fingerprint density at radius 3 is 2.58 bits per heavy atom. The summed E-state index contributed by atoms with van der Waals surface area (Å²) in [6.45, 7) is 5.60. The second kappa shape index (κ2) is 9.92. The Morgan fingerprint density at radius 1 is 0.921 bits per heavy atom. The van der Waals surface area contributed by atoms with Crippen molar-refractivity contribution < 1.29 is 9.13 Å². The van der Waals surface area contributed by atoms with E-state index in [0.29, 0.717) is 22.8 Å². The van der Waals surface area contributed by atoms with Crippen LogP contribution in [0.3, 0.4) is 0 Å². The molecule has 0 N–H and O–H groups in total. The molecule has 2 aromatic heterocycles. The van der Waals surface area contributed by atoms with Gasteiger partial charge in [-0.05, 0) is 56.0 Å². The maximum absolute atomic E-state index is 14.4. The topological polar surface area (TPSA) is 54.4 Å². The normalized spacial score (nSPS) is 21.2. The Bertz CT molecular complexity index is 1290. The van der Waals surface area contributed by atoms with Crippen LogP contribution >= 0.6 is 0 Å². The lowest BCUT2D eigenvalue weighted by atomic mass is 9.72. The first-order chi connectivity index (χ1) is 18.7. The molecule has 4 fully saturated rings. The van der Waals surface area contributed by atoms with Crippen LogP contribution in [0.1, 0.15) is 63.0 Å². The zero-order valence-electron chi connectivity index (χ0n) is 22.0. The number of aromatic nitrogens is 3. The Morgan fingerprint density at radius 2 is 1.76 bits per heavy atom. The second-order valence-corrected chi connectivity index (χ2v) is 12.0. The van der Waals surface area contributed by atoms with Gasteiger partial charge >= 0.3 is 0 Å². The monoisotopic (exact) mass is 513 g/mol. The largest absolute Gasteiger partial charge is 0.451 e. The third kappa shape index (κ3) is 4.77. The van der Waals surface area contributed by atoms with Crippen molar-refractivity contribution >= 4 is 5.82 Å². The predicted molar refractivity (Wildman–Crippen MR) is 146 cm³/mol. The fourth-order valence-electron chi connectivity index (χ4n) is 6.88. The van der Waals surface area contributed by atoms with E-state index < -0.39 is 0 Å². The van der Waals surface area contributed by atoms with Gasteiger partial charge in [0.15, 0.2) is 11.6 Å². The Hall–Kier alpha value is -3.06. The van der Waals surface area contributed by atoms with Crippen molar-refractivity contribution in [1.29, 1.82) is 0 Å². The van der Waals surface area contributed by atoms with E-state index >= 15 is 0 Å². The van der Waals surface area contributed by atoms with Gasteiger partial charge < -0.3 is 14.5 Å². The van der Waals surface area contributed by atoms with Gasteiger partial charge in [-0.25, -0.2) is 14.4 Å². The summed E-state index contributed by atoms with van der Waals surface area (Å²) in [6.07, 6.45) is 15.9. The molecule has 3 aromatic rings. The number of hydrogen-bond acceptors (Lipinski definition) is 6. The molecule has 2 saturated heterocycles. The highest BCUT2D eigenvalue weighted by molar-refractivity contribution is 5.74. The first kappa shape index (κ1) is 24.0. The van der Waals surface area contributed by atoms with Crippen LogP contribution in [0.5, 0.6) is 11.5 Å². The first-order valence-corrected chi connectivity index (χ1v) is 14.4. The summed E-state index contributed by atoms with van der Waals surface area (Å²) in [6, 6.07) is 8.63. The first-order valence-electron chi connectivity index (χ1n) is 14.4. The van der Waals surface area contributed by atoms with E-state index in [2.05, 4.69) is 24.8 Å². The highest BCUT2D eigenvalue weighted by Gasteiger charge is 2.52. The summed E-state index contributed by atoms with van der Waals surface area (Å²) in [5.74, 6) is 3.13. The van der Waals surface area contributed by atoms with E-state index in [1.54, 1.807) is 24.7 Å². The smallest absolute Gasteiger partial charge is 0.188 e. The molecule has 0 amide bonds. The van der Waals surface area contributed by atoms with Gasteiger partial charge in [0, 0.05) is 54.8 Å². The van der Waals surface area contributed by atoms with Gasteiger partial charge in [0.1, 0.15) is 17.9 Å². The summed E-state index contributed by atoms with van der Waals surface area (Å²) in [5.41, 5.74) is 3.07. The van der Waals surface area contributed by atoms with E-state index in [9.17, 15) is 4.39 Å². The molecule has 2 aliphatic heterocycles. The van der Waals surface area contributed by atoms with Crippen LogP contribution in [-0.2, 0) is 0 Å². The summed E-state index contributed by atoms with van der Waals surface area (Å²) < 4.78 is 20.8. The number of halogens is 1. The van der Waals surface area contributed by atoms with E-state index in [0.717, 1.165) is 54.5 Å². The van der Waals surface area contributed by atoms with Crippen molar-refractivity contribution in [1.82, 2.24) is 19.9 Å². The van der Waals surface area contributed by atoms with Crippen molar-refractivity contribution in [2.75, 3.05) is 37.6 Å². The molecule has 0 unspecified atom stereocenters. The Balaban J connectivity index is 1.04. The zero-order chi connectivity index (χ0) is 25.5. The lowest BCUT2D eigenvalue weighted by Gasteiger charge is -2.61. The quantitative estimate of drug-likeness (QED) is 0.346. The van der Waals surface area contributed by atoms with Crippen LogP contribution in [0.15, 0.2) is 49.1 Å². The van der Waals surface area contributed by atoms with Gasteiger partial charge in [-0.15, -0.1) is 0 Å². The van der Waals surface area contributed by atoms with Crippen LogP contribution in [-0.4, -0.2) is 52.6 Å². The average Bonchev–Trinajstić information content (AvgIpc) is 3.75. The number of hydrogen-bond donors (Lipinski definition) is 0. The Labute approximate surface area is 224 Å². The van der Waals surface area contributed by atoms with Gasteiger partial charge in [0.05, 0.1) is 11.9 Å². The minimum absolute atomic E-state index is 0.287. The molecule has 2 saturated carbocycles. The number of benzene rings is 1. The second-order valence-electron chi connectivity index (χ2n) is 12.0. The maximum Gasteiger partial charge on any atom is 0.188 e. The zero-order valence-corrected chi connectivity index (χ0v) is 22.0. The fraction of sp³-hybridized carbons (Fsp3) is 0.516. The van der Waals surface area contributed by atoms with Gasteiger partial charge in [-0.2, -0.15) is 0 Å². The number of nitrogens with zero attached hydrogens (tertiary/aromatic N) is 5. The molecule has 0 radical (unpaired) electrons. The van der Waals surface area contributed by atoms with Gasteiger partial charge in [-0.3, -0.25) is 4.98 Å². The lowest BCUT2D eigenvalue weighted by Crippen LogP contribution is -2.72. The standard InChI is InChI=1S/C31H36FN5O/c32-24-10-11-27(26(15-24)25-7-4-13-34-29(25)23-8-9-23)38-28-16-33-21-35-30(28)37-19-31(20-37)17-36(18-31)14-12-22-5-2-1-3-6-22/h4,7,10-11,13,15-16,21-23H,1-3,5-6,8-9,12,14,17-20H2. The average molecular weight is 514 g/mol. The van der Waals surface area contributed by atoms with Crippen molar-refractivity contribution in [3.8, 4) is 22.6 Å². The molecular weight excluding hydrogens is 477 g/mol. The molecule has 1 aromatic carbocycles. The van der Waals surface area contributed by atoms with E-state index in [1.807, 2.05) is 18.3 Å². The molecule has 38 heavy (non-hydrogen) atoms. The SMILES string of the molecule is Fc1ccc(Oc2cncnc2N2CC3(CN(CCC4CCCCC4)C3)C2)c(-c2cccnc2C2CC2)c1. The van der Waals surface area contributed by atoms with E-state index in [1.165, 1.54) is 64.2 Å². The lowest BCUT2D eigenvalue weighted by molar-refractivity contribution is -0.0256. The number of ether oxygens (including phenoxy) is 1. The molecule has 6 nitrogen and oxygen atoms in total. The minimum atomic E-state index is -0.287. The van der Waals surface area contributed by atoms with Crippen molar-refractivity contribution in [2.24, 2.45) is 11.3 Å². The highest BCUT2D eigenvalue weighted by atomic mass is 19.1. The number of anilines is 1. The molecule has 0 atom stereocenters. The van der Waals surface area contributed by atoms with Crippen LogP contribution < -0.4 is 9.64 Å². The van der Waals surface area contributed by atoms with Gasteiger partial charge in [0.2, 0.25) is 0 Å². The predicted octanol–water partition coefficient (Wildman–Crippen LogP) is 6.44. The summed E-state index contributed by atoms with van der Waals surface area (Å²) >= 11 is 0. The number of pyridine rings is 1. The molecule has 4 aliphatic rings. The van der Waals surface area contributed by atoms with Crippen LogP contribution in [0.4, 0.5) is 10.2 Å². The van der Waals surface area contributed by atoms with E-state index in [-0.39, 0.29) is 5.82 Å². The maximum atomic E-state index is 14.4. The molecule has 2 aliphatic carbocycles. The van der Waals surface area contributed by atoms with Crippen molar-refractivity contribution in [3.05, 3.63) is 60.6 Å². The highest BCUT2D eigenvalue weighted by Crippen LogP contribution is 2.47. The molecule has 4 heterocycles. The minimum Gasteiger partial charge on any atom is -0.451 e. The Kier molecular flexibility index (Phi) is 6.27. The van der Waals surface area contributed by atoms with Crippen LogP contribution in [0.25, 0.3) is 11.1 Å². The summed E-state index contributed by atoms with van der Waals surface area (Å²) in [7, 11) is 0. The number of likely N-dealkylation sites (tertiary alicyclic amines) is 1. The third-order valence-electron chi connectivity index (χ3n) is 8.96. The third-order valence-corrected chi connectivity index (χ3v) is 8.96. The molecule has 7 heteroatoms. The summed E-state index contributed by atoms with van der Waals surface area (Å²) in [5, 5.41) is 0. The molecule has 198 valence electrons. The van der Waals surface area contributed by atoms with Crippen molar-refractivity contribution in [3.63, 3.8) is 0 Å². The fourth-order valence-corrected chi connectivity index (χ4v) is 6.88. The van der Waals surface area contributed by atoms with Crippen LogP contribution in [0, 0.1) is 17.2 Å². The molecule has 1 spiro atoms. The molecule has 7 rings (SSSR count). The van der Waals surface area contributed by atoms with E-state index in [4.69, 9.17) is 4.74 Å². The van der Waals surface area contributed by atoms with Crippen LogP contribution in [0.2, 0.25) is 0 Å². The van der Waals surface area contributed by atoms with Crippen molar-refractivity contribution in [2.45, 2.75) is 57.3 Å². The number of rotatable bonds is 8. The van der Waals surface area contributed by atoms with Gasteiger partial charge in [-0.1, -0.05) is 38.2 Å².